The molecule has 1 fully saturated rings. The lowest BCUT2D eigenvalue weighted by molar-refractivity contribution is -0.0322. The molecule has 1 heterocycles. The molecule has 1 aromatic rings. The molecule has 3 nitrogen and oxygen atoms in total. The minimum Gasteiger partial charge on any atom is -0.387 e. The van der Waals surface area contributed by atoms with E-state index in [0.29, 0.717) is 26.1 Å². The Morgan fingerprint density at radius 3 is 2.67 bits per heavy atom. The highest BCUT2D eigenvalue weighted by molar-refractivity contribution is 6.31. The van der Waals surface area contributed by atoms with Gasteiger partial charge in [0.25, 0.3) is 0 Å². The summed E-state index contributed by atoms with van der Waals surface area (Å²) < 4.78 is 19.0. The van der Waals surface area contributed by atoms with Crippen molar-refractivity contribution < 1.29 is 14.2 Å². The minimum atomic E-state index is -1.24. The highest BCUT2D eigenvalue weighted by atomic mass is 35.5. The molecule has 0 saturated carbocycles. The van der Waals surface area contributed by atoms with Crippen LogP contribution in [0.3, 0.4) is 0 Å². The number of nitriles is 1. The zero-order valence-electron chi connectivity index (χ0n) is 9.70. The van der Waals surface area contributed by atoms with Crippen LogP contribution < -0.4 is 0 Å². The van der Waals surface area contributed by atoms with Gasteiger partial charge in [-0.15, -0.1) is 0 Å². The molecule has 18 heavy (non-hydrogen) atoms. The van der Waals surface area contributed by atoms with Gasteiger partial charge in [-0.05, 0) is 25.0 Å². The third-order valence-electron chi connectivity index (χ3n) is 3.40. The largest absolute Gasteiger partial charge is 0.387 e. The lowest BCUT2D eigenvalue weighted by Crippen LogP contribution is -2.34. The molecule has 96 valence electrons. The van der Waals surface area contributed by atoms with Gasteiger partial charge in [-0.2, -0.15) is 5.26 Å². The van der Waals surface area contributed by atoms with Crippen LogP contribution in [0.15, 0.2) is 18.2 Å². The fourth-order valence-electron chi connectivity index (χ4n) is 2.23. The van der Waals surface area contributed by atoms with Crippen LogP contribution in [0.5, 0.6) is 0 Å². The summed E-state index contributed by atoms with van der Waals surface area (Å²) in [7, 11) is 0. The third-order valence-corrected chi connectivity index (χ3v) is 3.73. The van der Waals surface area contributed by atoms with Crippen molar-refractivity contribution in [2.75, 3.05) is 13.2 Å². The third kappa shape index (κ3) is 2.22. The zero-order valence-corrected chi connectivity index (χ0v) is 10.5. The van der Waals surface area contributed by atoms with Gasteiger partial charge in [-0.25, -0.2) is 4.39 Å². The van der Waals surface area contributed by atoms with Crippen LogP contribution in [-0.2, 0) is 4.74 Å². The lowest BCUT2D eigenvalue weighted by Gasteiger charge is -2.35. The van der Waals surface area contributed by atoms with E-state index in [2.05, 4.69) is 6.07 Å². The number of aliphatic hydroxyl groups excluding tert-OH is 1. The molecule has 0 spiro atoms. The predicted molar refractivity (Wildman–Crippen MR) is 64.5 cm³/mol. The van der Waals surface area contributed by atoms with Crippen molar-refractivity contribution in [1.29, 1.82) is 5.26 Å². The van der Waals surface area contributed by atoms with Crippen LogP contribution in [0.25, 0.3) is 0 Å². The summed E-state index contributed by atoms with van der Waals surface area (Å²) in [4.78, 5) is 0. The Morgan fingerprint density at radius 1 is 1.44 bits per heavy atom. The van der Waals surface area contributed by atoms with Gasteiger partial charge < -0.3 is 9.84 Å². The lowest BCUT2D eigenvalue weighted by atomic mass is 9.74. The molecular formula is C13H13ClFNO2. The van der Waals surface area contributed by atoms with Crippen LogP contribution in [-0.4, -0.2) is 18.3 Å². The van der Waals surface area contributed by atoms with Crippen molar-refractivity contribution in [3.05, 3.63) is 34.6 Å². The molecule has 1 aromatic carbocycles. The number of rotatable bonds is 2. The molecule has 1 saturated heterocycles. The van der Waals surface area contributed by atoms with Gasteiger partial charge >= 0.3 is 0 Å². The molecule has 1 atom stereocenters. The van der Waals surface area contributed by atoms with Crippen LogP contribution in [0.2, 0.25) is 5.02 Å². The smallest absolute Gasteiger partial charge is 0.130 e. The molecule has 0 bridgehead atoms. The maximum Gasteiger partial charge on any atom is 0.130 e. The van der Waals surface area contributed by atoms with Crippen LogP contribution in [0.1, 0.15) is 24.5 Å². The molecule has 1 unspecified atom stereocenters. The summed E-state index contributed by atoms with van der Waals surface area (Å²) in [5.74, 6) is -0.587. The van der Waals surface area contributed by atoms with E-state index < -0.39 is 17.3 Å². The van der Waals surface area contributed by atoms with E-state index in [9.17, 15) is 14.8 Å². The van der Waals surface area contributed by atoms with Crippen LogP contribution in [0, 0.1) is 22.6 Å². The molecule has 0 radical (unpaired) electrons. The summed E-state index contributed by atoms with van der Waals surface area (Å²) in [6, 6.07) is 6.32. The fourth-order valence-corrected chi connectivity index (χ4v) is 2.50. The fraction of sp³-hybridized carbons (Fsp3) is 0.462. The average Bonchev–Trinajstić information content (AvgIpc) is 2.39. The standard InChI is InChI=1S/C13H13ClFNO2/c14-9-2-1-3-10(15)11(9)12(17)13(8-16)4-6-18-7-5-13/h1-3,12,17H,4-7H2. The molecule has 0 aromatic heterocycles. The van der Waals surface area contributed by atoms with Crippen LogP contribution >= 0.6 is 11.6 Å². The van der Waals surface area contributed by atoms with Gasteiger partial charge in [0, 0.05) is 23.8 Å². The first-order valence-electron chi connectivity index (χ1n) is 5.72. The molecule has 0 aliphatic carbocycles. The molecular weight excluding hydrogens is 257 g/mol. The zero-order chi connectivity index (χ0) is 13.2. The van der Waals surface area contributed by atoms with Gasteiger partial charge in [0.15, 0.2) is 0 Å². The second kappa shape index (κ2) is 5.23. The summed E-state index contributed by atoms with van der Waals surface area (Å²) >= 11 is 5.92. The second-order valence-corrected chi connectivity index (χ2v) is 4.83. The molecule has 0 amide bonds. The van der Waals surface area contributed by atoms with Crippen LogP contribution in [0.4, 0.5) is 4.39 Å². The summed E-state index contributed by atoms with van der Waals surface area (Å²) in [6.45, 7) is 0.771. The van der Waals surface area contributed by atoms with Gasteiger partial charge in [0.2, 0.25) is 0 Å². The maximum absolute atomic E-state index is 13.8. The number of halogens is 2. The highest BCUT2D eigenvalue weighted by Crippen LogP contribution is 2.44. The Kier molecular flexibility index (Phi) is 3.86. The first kappa shape index (κ1) is 13.3. The first-order chi connectivity index (χ1) is 8.60. The number of hydrogen-bond acceptors (Lipinski definition) is 3. The predicted octanol–water partition coefficient (Wildman–Crippen LogP) is 2.83. The number of ether oxygens (including phenoxy) is 1. The number of hydrogen-bond donors (Lipinski definition) is 1. The Labute approximate surface area is 110 Å². The second-order valence-electron chi connectivity index (χ2n) is 4.42. The quantitative estimate of drug-likeness (QED) is 0.898. The van der Waals surface area contributed by atoms with E-state index in [0.717, 1.165) is 0 Å². The monoisotopic (exact) mass is 269 g/mol. The van der Waals surface area contributed by atoms with Gasteiger partial charge in [0.1, 0.15) is 11.9 Å². The van der Waals surface area contributed by atoms with Crippen molar-refractivity contribution in [2.45, 2.75) is 18.9 Å². The summed E-state index contributed by atoms with van der Waals surface area (Å²) in [5.41, 5.74) is -1.02. The Hall–Kier alpha value is -1.15. The Balaban J connectivity index is 2.41. The number of benzene rings is 1. The Morgan fingerprint density at radius 2 is 2.11 bits per heavy atom. The first-order valence-corrected chi connectivity index (χ1v) is 6.09. The van der Waals surface area contributed by atoms with E-state index in [1.54, 1.807) is 0 Å². The topological polar surface area (TPSA) is 53.2 Å². The molecule has 1 N–H and O–H groups in total. The number of nitrogens with zero attached hydrogens (tertiary/aromatic N) is 1. The van der Waals surface area contributed by atoms with E-state index in [1.807, 2.05) is 0 Å². The number of aliphatic hydroxyl groups is 1. The SMILES string of the molecule is N#CC1(C(O)c2c(F)cccc2Cl)CCOCC1. The summed E-state index contributed by atoms with van der Waals surface area (Å²) in [6.07, 6.45) is -0.495. The molecule has 1 aliphatic rings. The van der Waals surface area contributed by atoms with Crippen molar-refractivity contribution >= 4 is 11.6 Å². The maximum atomic E-state index is 13.8. The van der Waals surface area contributed by atoms with Crippen molar-refractivity contribution in [3.63, 3.8) is 0 Å². The van der Waals surface area contributed by atoms with Crippen molar-refractivity contribution in [3.8, 4) is 6.07 Å². The van der Waals surface area contributed by atoms with Gasteiger partial charge in [-0.1, -0.05) is 17.7 Å². The van der Waals surface area contributed by atoms with Crippen molar-refractivity contribution in [1.82, 2.24) is 0 Å². The van der Waals surface area contributed by atoms with E-state index in [1.165, 1.54) is 18.2 Å². The van der Waals surface area contributed by atoms with E-state index in [4.69, 9.17) is 16.3 Å². The highest BCUT2D eigenvalue weighted by Gasteiger charge is 2.42. The minimum absolute atomic E-state index is 0.00242. The normalized spacial score (nSPS) is 20.1. The average molecular weight is 270 g/mol. The Bertz CT molecular complexity index is 460. The molecule has 5 heteroatoms. The molecule has 2 rings (SSSR count). The van der Waals surface area contributed by atoms with Crippen molar-refractivity contribution in [2.24, 2.45) is 5.41 Å². The van der Waals surface area contributed by atoms with Gasteiger partial charge in [0.05, 0.1) is 11.5 Å². The van der Waals surface area contributed by atoms with Gasteiger partial charge in [-0.3, -0.25) is 0 Å². The van der Waals surface area contributed by atoms with E-state index >= 15 is 0 Å². The molecule has 1 aliphatic heterocycles. The van der Waals surface area contributed by atoms with E-state index in [-0.39, 0.29) is 10.6 Å². The summed E-state index contributed by atoms with van der Waals surface area (Å²) in [5, 5.41) is 19.8.